The Morgan fingerprint density at radius 2 is 1.68 bits per heavy atom. The lowest BCUT2D eigenvalue weighted by Crippen LogP contribution is -2.52. The molecule has 174 valence electrons. The minimum absolute atomic E-state index is 0.0707. The van der Waals surface area contributed by atoms with E-state index < -0.39 is 6.10 Å². The lowest BCUT2D eigenvalue weighted by molar-refractivity contribution is -0.139. The van der Waals surface area contributed by atoms with Crippen LogP contribution in [0.15, 0.2) is 66.0 Å². The fourth-order valence-electron chi connectivity index (χ4n) is 4.33. The summed E-state index contributed by atoms with van der Waals surface area (Å²) in [5.41, 5.74) is 1.72. The zero-order valence-electron chi connectivity index (χ0n) is 18.6. The van der Waals surface area contributed by atoms with E-state index in [1.54, 1.807) is 41.3 Å². The molecule has 2 aliphatic heterocycles. The molecular weight excluding hydrogens is 450 g/mol. The molecule has 8 heteroatoms. The number of ether oxygens (including phenoxy) is 1. The van der Waals surface area contributed by atoms with Crippen molar-refractivity contribution >= 4 is 40.4 Å². The molecule has 2 aromatic carbocycles. The summed E-state index contributed by atoms with van der Waals surface area (Å²) in [6, 6.07) is 17.7. The summed E-state index contributed by atoms with van der Waals surface area (Å²) in [4.78, 5) is 43.0. The van der Waals surface area contributed by atoms with Crippen LogP contribution in [0.25, 0.3) is 0 Å². The number of anilines is 2. The molecule has 0 saturated carbocycles. The summed E-state index contributed by atoms with van der Waals surface area (Å²) in [5, 5.41) is 4.69. The van der Waals surface area contributed by atoms with Crippen LogP contribution in [0.5, 0.6) is 5.75 Å². The van der Waals surface area contributed by atoms with Crippen LogP contribution in [0.3, 0.4) is 0 Å². The van der Waals surface area contributed by atoms with Gasteiger partial charge in [-0.1, -0.05) is 18.2 Å². The van der Waals surface area contributed by atoms with Gasteiger partial charge in [0.05, 0.1) is 17.1 Å². The van der Waals surface area contributed by atoms with Gasteiger partial charge >= 0.3 is 0 Å². The van der Waals surface area contributed by atoms with Gasteiger partial charge in [0.25, 0.3) is 17.7 Å². The molecule has 1 atom stereocenters. The predicted octanol–water partition coefficient (Wildman–Crippen LogP) is 4.42. The van der Waals surface area contributed by atoms with Crippen LogP contribution >= 0.6 is 11.3 Å². The average Bonchev–Trinajstić information content (AvgIpc) is 3.43. The molecule has 7 nitrogen and oxygen atoms in total. The maximum atomic E-state index is 13.5. The van der Waals surface area contributed by atoms with E-state index in [-0.39, 0.29) is 24.3 Å². The van der Waals surface area contributed by atoms with E-state index in [1.165, 1.54) is 11.3 Å². The highest BCUT2D eigenvalue weighted by atomic mass is 32.1. The Morgan fingerprint density at radius 1 is 0.912 bits per heavy atom. The number of para-hydroxylation sites is 2. The van der Waals surface area contributed by atoms with E-state index in [4.69, 9.17) is 4.74 Å². The third-order valence-corrected chi connectivity index (χ3v) is 6.97. The minimum Gasteiger partial charge on any atom is -0.476 e. The Labute approximate surface area is 201 Å². The number of nitrogens with zero attached hydrogens (tertiary/aromatic N) is 2. The molecule has 34 heavy (non-hydrogen) atoms. The van der Waals surface area contributed by atoms with Crippen molar-refractivity contribution in [3.05, 3.63) is 76.5 Å². The summed E-state index contributed by atoms with van der Waals surface area (Å²) in [7, 11) is 0. The van der Waals surface area contributed by atoms with E-state index >= 15 is 0 Å². The molecule has 0 aliphatic carbocycles. The second kappa shape index (κ2) is 9.69. The maximum absolute atomic E-state index is 13.5. The number of thiophene rings is 1. The highest BCUT2D eigenvalue weighted by Gasteiger charge is 2.36. The predicted molar refractivity (Wildman–Crippen MR) is 132 cm³/mol. The molecule has 3 amide bonds. The molecule has 0 bridgehead atoms. The summed E-state index contributed by atoms with van der Waals surface area (Å²) in [6.07, 6.45) is 2.38. The standard InChI is InChI=1S/C26H25N3O4S/c30-24(23-9-6-16-34-23)27-19-12-10-18(11-13-19)25(31)29-17-22(26(32)28-14-4-1-5-15-28)33-21-8-3-2-7-20(21)29/h2-3,6-13,16,22H,1,4-5,14-15,17H2,(H,27,30)/t22-/m1/s1. The monoisotopic (exact) mass is 475 g/mol. The van der Waals surface area contributed by atoms with Gasteiger partial charge in [0.15, 0.2) is 6.10 Å². The molecule has 2 aliphatic rings. The highest BCUT2D eigenvalue weighted by Crippen LogP contribution is 2.35. The topological polar surface area (TPSA) is 79.0 Å². The van der Waals surface area contributed by atoms with Crippen molar-refractivity contribution in [3.63, 3.8) is 0 Å². The van der Waals surface area contributed by atoms with Crippen molar-refractivity contribution in [1.82, 2.24) is 4.90 Å². The second-order valence-electron chi connectivity index (χ2n) is 8.38. The van der Waals surface area contributed by atoms with Crippen LogP contribution in [-0.2, 0) is 4.79 Å². The second-order valence-corrected chi connectivity index (χ2v) is 9.33. The van der Waals surface area contributed by atoms with Crippen molar-refractivity contribution in [3.8, 4) is 5.75 Å². The maximum Gasteiger partial charge on any atom is 0.265 e. The molecule has 0 spiro atoms. The molecule has 1 N–H and O–H groups in total. The van der Waals surface area contributed by atoms with Crippen LogP contribution in [0.4, 0.5) is 11.4 Å². The molecule has 1 saturated heterocycles. The number of piperidine rings is 1. The quantitative estimate of drug-likeness (QED) is 0.606. The summed E-state index contributed by atoms with van der Waals surface area (Å²) < 4.78 is 6.03. The molecule has 0 unspecified atom stereocenters. The smallest absolute Gasteiger partial charge is 0.265 e. The van der Waals surface area contributed by atoms with Crippen LogP contribution < -0.4 is 15.0 Å². The Morgan fingerprint density at radius 3 is 2.41 bits per heavy atom. The van der Waals surface area contributed by atoms with Crippen LogP contribution in [0, 0.1) is 0 Å². The fraction of sp³-hybridized carbons (Fsp3) is 0.269. The largest absolute Gasteiger partial charge is 0.476 e. The third kappa shape index (κ3) is 4.54. The first-order valence-corrected chi connectivity index (χ1v) is 12.3. The summed E-state index contributed by atoms with van der Waals surface area (Å²) in [6.45, 7) is 1.61. The van der Waals surface area contributed by atoms with Gasteiger partial charge in [-0.05, 0) is 67.1 Å². The molecule has 5 rings (SSSR count). The SMILES string of the molecule is O=C(Nc1ccc(C(=O)N2C[C@H](C(=O)N3CCCCC3)Oc3ccccc32)cc1)c1cccs1. The summed E-state index contributed by atoms with van der Waals surface area (Å²) in [5.74, 6) is 0.0505. The number of rotatable bonds is 4. The van der Waals surface area contributed by atoms with E-state index in [9.17, 15) is 14.4 Å². The number of likely N-dealkylation sites (tertiary alicyclic amines) is 1. The number of nitrogens with one attached hydrogen (secondary N) is 1. The zero-order chi connectivity index (χ0) is 23.5. The number of carbonyl (C=O) groups is 3. The van der Waals surface area contributed by atoms with Gasteiger partial charge in [-0.25, -0.2) is 0 Å². The molecule has 3 heterocycles. The van der Waals surface area contributed by atoms with E-state index in [1.807, 2.05) is 34.5 Å². The highest BCUT2D eigenvalue weighted by molar-refractivity contribution is 7.12. The van der Waals surface area contributed by atoms with Gasteiger partial charge < -0.3 is 19.9 Å². The Kier molecular flexibility index (Phi) is 6.31. The van der Waals surface area contributed by atoms with Crippen LogP contribution in [-0.4, -0.2) is 48.4 Å². The van der Waals surface area contributed by atoms with Crippen LogP contribution in [0.2, 0.25) is 0 Å². The molecule has 0 radical (unpaired) electrons. The first kappa shape index (κ1) is 22.2. The van der Waals surface area contributed by atoms with Crippen molar-refractivity contribution in [2.75, 3.05) is 29.9 Å². The van der Waals surface area contributed by atoms with Crippen molar-refractivity contribution in [1.29, 1.82) is 0 Å². The number of hydrogen-bond acceptors (Lipinski definition) is 5. The van der Waals surface area contributed by atoms with Crippen LogP contribution in [0.1, 0.15) is 39.3 Å². The van der Waals surface area contributed by atoms with Gasteiger partial charge in [-0.3, -0.25) is 14.4 Å². The van der Waals surface area contributed by atoms with Gasteiger partial charge in [0.2, 0.25) is 0 Å². The van der Waals surface area contributed by atoms with Gasteiger partial charge in [-0.15, -0.1) is 11.3 Å². The Balaban J connectivity index is 1.34. The zero-order valence-corrected chi connectivity index (χ0v) is 19.4. The average molecular weight is 476 g/mol. The Bertz CT molecular complexity index is 1190. The normalized spacial score (nSPS) is 17.5. The van der Waals surface area contributed by atoms with Gasteiger partial charge in [0.1, 0.15) is 5.75 Å². The first-order chi connectivity index (χ1) is 16.6. The van der Waals surface area contributed by atoms with Crippen molar-refractivity contribution in [2.24, 2.45) is 0 Å². The first-order valence-electron chi connectivity index (χ1n) is 11.4. The third-order valence-electron chi connectivity index (χ3n) is 6.10. The van der Waals surface area contributed by atoms with Crippen molar-refractivity contribution < 1.29 is 19.1 Å². The Hall–Kier alpha value is -3.65. The number of hydrogen-bond donors (Lipinski definition) is 1. The summed E-state index contributed by atoms with van der Waals surface area (Å²) >= 11 is 1.37. The molecular formula is C26H25N3O4S. The number of carbonyl (C=O) groups excluding carboxylic acids is 3. The molecule has 1 fully saturated rings. The van der Waals surface area contributed by atoms with Gasteiger partial charge in [0, 0.05) is 24.3 Å². The molecule has 3 aromatic rings. The molecule has 1 aromatic heterocycles. The van der Waals surface area contributed by atoms with Gasteiger partial charge in [-0.2, -0.15) is 0 Å². The lowest BCUT2D eigenvalue weighted by atomic mass is 10.1. The number of fused-ring (bicyclic) bond motifs is 1. The van der Waals surface area contributed by atoms with Crippen molar-refractivity contribution in [2.45, 2.75) is 25.4 Å². The van der Waals surface area contributed by atoms with E-state index in [0.717, 1.165) is 32.4 Å². The fourth-order valence-corrected chi connectivity index (χ4v) is 4.94. The number of amides is 3. The lowest BCUT2D eigenvalue weighted by Gasteiger charge is -2.37. The minimum atomic E-state index is -0.735. The van der Waals surface area contributed by atoms with E-state index in [0.29, 0.717) is 27.6 Å². The van der Waals surface area contributed by atoms with E-state index in [2.05, 4.69) is 5.32 Å². The number of benzene rings is 2.